The molecule has 1 saturated carbocycles. The van der Waals surface area contributed by atoms with E-state index in [-0.39, 0.29) is 30.0 Å². The van der Waals surface area contributed by atoms with Gasteiger partial charge >= 0.3 is 0 Å². The predicted octanol–water partition coefficient (Wildman–Crippen LogP) is 0.891. The highest BCUT2D eigenvalue weighted by Gasteiger charge is 2.21. The highest BCUT2D eigenvalue weighted by atomic mass is 32.2. The van der Waals surface area contributed by atoms with Crippen molar-refractivity contribution in [2.75, 3.05) is 19.8 Å². The van der Waals surface area contributed by atoms with Gasteiger partial charge in [0.05, 0.1) is 17.6 Å². The van der Waals surface area contributed by atoms with Crippen LogP contribution in [-0.2, 0) is 14.8 Å². The first-order valence-corrected chi connectivity index (χ1v) is 9.92. The van der Waals surface area contributed by atoms with E-state index < -0.39 is 16.1 Å². The number of hydrogen-bond donors (Lipinski definition) is 3. The molecule has 1 amide bonds. The van der Waals surface area contributed by atoms with Gasteiger partial charge in [-0.2, -0.15) is 0 Å². The molecule has 1 aromatic rings. The van der Waals surface area contributed by atoms with Crippen LogP contribution in [0.5, 0.6) is 0 Å². The lowest BCUT2D eigenvalue weighted by Crippen LogP contribution is -2.34. The number of ether oxygens (including phenoxy) is 1. The lowest BCUT2D eigenvalue weighted by atomic mass is 10.2. The van der Waals surface area contributed by atoms with E-state index in [2.05, 4.69) is 10.0 Å². The SMILES string of the molecule is CC(C)NS(=O)(=O)c1ccc(C(=O)NC[C@H](O)COCC2CC2)cc1. The normalized spacial score (nSPS) is 16.0. The third-order valence-electron chi connectivity index (χ3n) is 3.68. The van der Waals surface area contributed by atoms with Gasteiger partial charge in [-0.25, -0.2) is 13.1 Å². The molecule has 0 spiro atoms. The van der Waals surface area contributed by atoms with Gasteiger partial charge in [-0.3, -0.25) is 4.79 Å². The molecule has 25 heavy (non-hydrogen) atoms. The molecule has 0 bridgehead atoms. The Morgan fingerprint density at radius 2 is 1.92 bits per heavy atom. The summed E-state index contributed by atoms with van der Waals surface area (Å²) in [7, 11) is -3.58. The monoisotopic (exact) mass is 370 g/mol. The van der Waals surface area contributed by atoms with Crippen molar-refractivity contribution in [1.29, 1.82) is 0 Å². The Hall–Kier alpha value is -1.48. The molecular formula is C17H26N2O5S. The fourth-order valence-corrected chi connectivity index (χ4v) is 3.44. The Balaban J connectivity index is 1.81. The van der Waals surface area contributed by atoms with E-state index in [1.807, 2.05) is 0 Å². The maximum atomic E-state index is 12.1. The van der Waals surface area contributed by atoms with Gasteiger partial charge in [-0.1, -0.05) is 0 Å². The molecule has 8 heteroatoms. The highest BCUT2D eigenvalue weighted by Crippen LogP contribution is 2.28. The zero-order valence-electron chi connectivity index (χ0n) is 14.6. The number of sulfonamides is 1. The van der Waals surface area contributed by atoms with E-state index in [9.17, 15) is 18.3 Å². The van der Waals surface area contributed by atoms with E-state index in [0.29, 0.717) is 18.1 Å². The average Bonchev–Trinajstić information content (AvgIpc) is 3.36. The molecule has 0 heterocycles. The summed E-state index contributed by atoms with van der Waals surface area (Å²) in [4.78, 5) is 12.2. The third-order valence-corrected chi connectivity index (χ3v) is 5.35. The average molecular weight is 370 g/mol. The van der Waals surface area contributed by atoms with Crippen LogP contribution in [0.3, 0.4) is 0 Å². The summed E-state index contributed by atoms with van der Waals surface area (Å²) in [5, 5.41) is 12.4. The van der Waals surface area contributed by atoms with Crippen molar-refractivity contribution in [2.24, 2.45) is 5.92 Å². The Kier molecular flexibility index (Phi) is 6.95. The van der Waals surface area contributed by atoms with Crippen molar-refractivity contribution in [1.82, 2.24) is 10.0 Å². The zero-order chi connectivity index (χ0) is 18.4. The Labute approximate surface area is 148 Å². The number of amides is 1. The largest absolute Gasteiger partial charge is 0.389 e. The van der Waals surface area contributed by atoms with E-state index in [1.54, 1.807) is 13.8 Å². The zero-order valence-corrected chi connectivity index (χ0v) is 15.4. The molecular weight excluding hydrogens is 344 g/mol. The number of aliphatic hydroxyl groups is 1. The standard InChI is InChI=1S/C17H26N2O5S/c1-12(2)19-25(22,23)16-7-5-14(6-8-16)17(21)18-9-15(20)11-24-10-13-3-4-13/h5-8,12-13,15,19-20H,3-4,9-11H2,1-2H3,(H,18,21)/t15-/m0/s1. The van der Waals surface area contributed by atoms with Crippen LogP contribution in [0.1, 0.15) is 37.0 Å². The van der Waals surface area contributed by atoms with Crippen LogP contribution >= 0.6 is 0 Å². The van der Waals surface area contributed by atoms with E-state index in [1.165, 1.54) is 37.1 Å². The fraction of sp³-hybridized carbons (Fsp3) is 0.588. The lowest BCUT2D eigenvalue weighted by Gasteiger charge is -2.13. The van der Waals surface area contributed by atoms with Gasteiger partial charge in [0.25, 0.3) is 5.91 Å². The van der Waals surface area contributed by atoms with E-state index >= 15 is 0 Å². The van der Waals surface area contributed by atoms with Gasteiger partial charge in [0.2, 0.25) is 10.0 Å². The number of carbonyl (C=O) groups is 1. The minimum absolute atomic E-state index is 0.0818. The van der Waals surface area contributed by atoms with Crippen molar-refractivity contribution in [3.8, 4) is 0 Å². The molecule has 1 atom stereocenters. The van der Waals surface area contributed by atoms with Crippen molar-refractivity contribution in [2.45, 2.75) is 43.7 Å². The number of aliphatic hydroxyl groups excluding tert-OH is 1. The van der Waals surface area contributed by atoms with Crippen LogP contribution in [-0.4, -0.2) is 51.3 Å². The van der Waals surface area contributed by atoms with Gasteiger partial charge in [0, 0.05) is 24.8 Å². The molecule has 0 aromatic heterocycles. The third kappa shape index (κ3) is 6.74. The summed E-state index contributed by atoms with van der Waals surface area (Å²) in [6.45, 7) is 4.40. The first kappa shape index (κ1) is 19.8. The highest BCUT2D eigenvalue weighted by molar-refractivity contribution is 7.89. The second kappa shape index (κ2) is 8.75. The summed E-state index contributed by atoms with van der Waals surface area (Å²) < 4.78 is 31.9. The predicted molar refractivity (Wildman–Crippen MR) is 93.8 cm³/mol. The maximum absolute atomic E-state index is 12.1. The first-order valence-electron chi connectivity index (χ1n) is 8.44. The van der Waals surface area contributed by atoms with Gasteiger partial charge in [-0.05, 0) is 56.9 Å². The second-order valence-corrected chi connectivity index (χ2v) is 8.36. The topological polar surface area (TPSA) is 105 Å². The molecule has 1 aliphatic carbocycles. The van der Waals surface area contributed by atoms with Gasteiger partial charge in [-0.15, -0.1) is 0 Å². The van der Waals surface area contributed by atoms with Gasteiger partial charge in [0.15, 0.2) is 0 Å². The van der Waals surface area contributed by atoms with E-state index in [0.717, 1.165) is 0 Å². The number of hydrogen-bond acceptors (Lipinski definition) is 5. The summed E-state index contributed by atoms with van der Waals surface area (Å²) in [5.74, 6) is 0.253. The molecule has 1 aromatic carbocycles. The minimum atomic E-state index is -3.58. The molecule has 1 fully saturated rings. The smallest absolute Gasteiger partial charge is 0.251 e. The Morgan fingerprint density at radius 3 is 2.48 bits per heavy atom. The minimum Gasteiger partial charge on any atom is -0.389 e. The van der Waals surface area contributed by atoms with Crippen LogP contribution in [0.25, 0.3) is 0 Å². The summed E-state index contributed by atoms with van der Waals surface area (Å²) in [6, 6.07) is 5.45. The molecule has 0 radical (unpaired) electrons. The van der Waals surface area contributed by atoms with Gasteiger partial charge in [0.1, 0.15) is 0 Å². The number of nitrogens with one attached hydrogen (secondary N) is 2. The second-order valence-electron chi connectivity index (χ2n) is 6.65. The van der Waals surface area contributed by atoms with Crippen molar-refractivity contribution < 1.29 is 23.1 Å². The van der Waals surface area contributed by atoms with Crippen molar-refractivity contribution in [3.63, 3.8) is 0 Å². The Bertz CT molecular complexity index is 669. The van der Waals surface area contributed by atoms with Crippen molar-refractivity contribution >= 4 is 15.9 Å². The molecule has 1 aliphatic rings. The molecule has 0 saturated heterocycles. The van der Waals surface area contributed by atoms with Crippen LogP contribution in [0.15, 0.2) is 29.2 Å². The van der Waals surface area contributed by atoms with Crippen LogP contribution in [0, 0.1) is 5.92 Å². The molecule has 3 N–H and O–H groups in total. The number of rotatable bonds is 10. The Morgan fingerprint density at radius 1 is 1.28 bits per heavy atom. The van der Waals surface area contributed by atoms with E-state index in [4.69, 9.17) is 4.74 Å². The molecule has 0 unspecified atom stereocenters. The van der Waals surface area contributed by atoms with Gasteiger partial charge < -0.3 is 15.2 Å². The summed E-state index contributed by atoms with van der Waals surface area (Å²) in [5.41, 5.74) is 0.328. The van der Waals surface area contributed by atoms with Crippen LogP contribution in [0.4, 0.5) is 0 Å². The van der Waals surface area contributed by atoms with Crippen LogP contribution < -0.4 is 10.0 Å². The summed E-state index contributed by atoms with van der Waals surface area (Å²) in [6.07, 6.45) is 1.61. The lowest BCUT2D eigenvalue weighted by molar-refractivity contribution is 0.0320. The molecule has 140 valence electrons. The molecule has 7 nitrogen and oxygen atoms in total. The van der Waals surface area contributed by atoms with Crippen LogP contribution in [0.2, 0.25) is 0 Å². The summed E-state index contributed by atoms with van der Waals surface area (Å²) >= 11 is 0. The molecule has 0 aliphatic heterocycles. The first-order chi connectivity index (χ1) is 11.8. The molecule has 2 rings (SSSR count). The number of benzene rings is 1. The maximum Gasteiger partial charge on any atom is 0.251 e. The fourth-order valence-electron chi connectivity index (χ4n) is 2.19. The van der Waals surface area contributed by atoms with Crippen molar-refractivity contribution in [3.05, 3.63) is 29.8 Å². The number of carbonyl (C=O) groups excluding carboxylic acids is 1. The quantitative estimate of drug-likeness (QED) is 0.567.